The quantitative estimate of drug-likeness (QED) is 0.105. The minimum atomic E-state index is -0.341. The summed E-state index contributed by atoms with van der Waals surface area (Å²) in [6.07, 6.45) is 44.7. The summed E-state index contributed by atoms with van der Waals surface area (Å²) in [4.78, 5) is 0. The lowest BCUT2D eigenvalue weighted by Gasteiger charge is -2.54. The van der Waals surface area contributed by atoms with Gasteiger partial charge in [-0.2, -0.15) is 10.5 Å². The van der Waals surface area contributed by atoms with Crippen LogP contribution in [0.3, 0.4) is 0 Å². The van der Waals surface area contributed by atoms with Crippen LogP contribution in [0.15, 0.2) is 36.4 Å². The Morgan fingerprint density at radius 1 is 0.421 bits per heavy atom. The molecular formula is C53H78F2N2. The number of unbranched alkanes of at least 4 members (excludes halogenated alkanes) is 17. The monoisotopic (exact) mass is 781 g/mol. The van der Waals surface area contributed by atoms with E-state index in [2.05, 4.69) is 13.8 Å². The van der Waals surface area contributed by atoms with Crippen LogP contribution < -0.4 is 0 Å². The molecule has 0 spiro atoms. The maximum atomic E-state index is 14.1. The third kappa shape index (κ3) is 12.4. The molecule has 0 aliphatic heterocycles. The molecule has 0 unspecified atom stereocenters. The van der Waals surface area contributed by atoms with Gasteiger partial charge in [-0.05, 0) is 147 Å². The summed E-state index contributed by atoms with van der Waals surface area (Å²) < 4.78 is 28.3. The number of fused-ring (bicyclic) bond motifs is 6. The summed E-state index contributed by atoms with van der Waals surface area (Å²) in [5.74, 6) is -0.682. The van der Waals surface area contributed by atoms with Crippen molar-refractivity contribution in [3.63, 3.8) is 0 Å². The van der Waals surface area contributed by atoms with Crippen molar-refractivity contribution in [3.05, 3.63) is 70.3 Å². The summed E-state index contributed by atoms with van der Waals surface area (Å²) in [5.41, 5.74) is 4.13. The van der Waals surface area contributed by atoms with Crippen LogP contribution in [0, 0.1) is 45.1 Å². The van der Waals surface area contributed by atoms with Crippen LogP contribution >= 0.6 is 0 Å². The topological polar surface area (TPSA) is 47.6 Å². The molecule has 0 amide bonds. The second kappa shape index (κ2) is 22.6. The van der Waals surface area contributed by atoms with Gasteiger partial charge in [-0.15, -0.1) is 0 Å². The first kappa shape index (κ1) is 45.4. The Kier molecular flexibility index (Phi) is 18.0. The summed E-state index contributed by atoms with van der Waals surface area (Å²) in [7, 11) is 0. The molecule has 0 N–H and O–H groups in total. The molecule has 6 fully saturated rings. The van der Waals surface area contributed by atoms with Crippen molar-refractivity contribution >= 4 is 0 Å². The first-order valence-electron chi connectivity index (χ1n) is 24.2. The largest absolute Gasteiger partial charge is 0.206 e. The van der Waals surface area contributed by atoms with Gasteiger partial charge < -0.3 is 0 Å². The number of nitrogens with zero attached hydrogens (tertiary/aromatic N) is 2. The second-order valence-corrected chi connectivity index (χ2v) is 19.7. The minimum Gasteiger partial charge on any atom is -0.206 e. The number of rotatable bonds is 23. The van der Waals surface area contributed by atoms with Crippen molar-refractivity contribution in [3.8, 4) is 12.1 Å². The van der Waals surface area contributed by atoms with E-state index in [1.54, 1.807) is 24.3 Å². The van der Waals surface area contributed by atoms with Crippen LogP contribution in [-0.4, -0.2) is 0 Å². The highest BCUT2D eigenvalue weighted by Crippen LogP contribution is 2.61. The molecule has 6 aliphatic carbocycles. The van der Waals surface area contributed by atoms with Crippen molar-refractivity contribution in [2.45, 2.75) is 237 Å². The van der Waals surface area contributed by atoms with Gasteiger partial charge in [0.15, 0.2) is 0 Å². The first-order valence-corrected chi connectivity index (χ1v) is 24.2. The van der Waals surface area contributed by atoms with Gasteiger partial charge >= 0.3 is 0 Å². The summed E-state index contributed by atoms with van der Waals surface area (Å²) in [5, 5.41) is 18.0. The molecule has 0 saturated heterocycles. The minimum absolute atomic E-state index is 0.173. The lowest BCUT2D eigenvalue weighted by molar-refractivity contribution is 0.0303. The number of hydrogen-bond acceptors (Lipinski definition) is 2. The molecular weight excluding hydrogens is 703 g/mol. The molecule has 2 aromatic carbocycles. The van der Waals surface area contributed by atoms with E-state index < -0.39 is 0 Å². The van der Waals surface area contributed by atoms with E-state index >= 15 is 0 Å². The highest BCUT2D eigenvalue weighted by molar-refractivity contribution is 5.39. The molecule has 8 rings (SSSR count). The van der Waals surface area contributed by atoms with Gasteiger partial charge in [0.25, 0.3) is 0 Å². The SMILES string of the molecule is CCCCCCCCCCCC12CCC(c3ccc(C#N)c(F)c3)(CC1)CC2.CCCCCCCCCCCCC12CCC(c3ccc(C#N)c(F)c3)(CC1)CC2. The fourth-order valence-corrected chi connectivity index (χ4v) is 11.8. The predicted octanol–water partition coefficient (Wildman–Crippen LogP) is 16.8. The van der Waals surface area contributed by atoms with Gasteiger partial charge in [-0.25, -0.2) is 8.78 Å². The van der Waals surface area contributed by atoms with Crippen molar-refractivity contribution in [1.29, 1.82) is 10.5 Å². The molecule has 2 aromatic rings. The highest BCUT2D eigenvalue weighted by Gasteiger charge is 2.50. The third-order valence-corrected chi connectivity index (χ3v) is 16.1. The van der Waals surface area contributed by atoms with Gasteiger partial charge in [0, 0.05) is 0 Å². The van der Waals surface area contributed by atoms with Crippen molar-refractivity contribution < 1.29 is 8.78 Å². The van der Waals surface area contributed by atoms with Gasteiger partial charge in [0.2, 0.25) is 0 Å². The zero-order chi connectivity index (χ0) is 40.5. The zero-order valence-electron chi connectivity index (χ0n) is 36.4. The van der Waals surface area contributed by atoms with Gasteiger partial charge in [-0.1, -0.05) is 148 Å². The van der Waals surface area contributed by atoms with Gasteiger partial charge in [-0.3, -0.25) is 0 Å². The second-order valence-electron chi connectivity index (χ2n) is 19.7. The zero-order valence-corrected chi connectivity index (χ0v) is 36.4. The lowest BCUT2D eigenvalue weighted by Crippen LogP contribution is -2.44. The van der Waals surface area contributed by atoms with Crippen LogP contribution in [0.5, 0.6) is 0 Å². The highest BCUT2D eigenvalue weighted by atomic mass is 19.1. The molecule has 0 aromatic heterocycles. The van der Waals surface area contributed by atoms with E-state index in [1.807, 2.05) is 24.3 Å². The molecule has 57 heavy (non-hydrogen) atoms. The fourth-order valence-electron chi connectivity index (χ4n) is 11.8. The Morgan fingerprint density at radius 3 is 0.965 bits per heavy atom. The van der Waals surface area contributed by atoms with E-state index in [1.165, 1.54) is 212 Å². The van der Waals surface area contributed by atoms with Crippen LogP contribution in [0.4, 0.5) is 8.78 Å². The van der Waals surface area contributed by atoms with Crippen molar-refractivity contribution in [2.75, 3.05) is 0 Å². The summed E-state index contributed by atoms with van der Waals surface area (Å²) in [6, 6.07) is 14.6. The Labute approximate surface area is 348 Å². The number of benzene rings is 2. The maximum Gasteiger partial charge on any atom is 0.141 e. The Balaban J connectivity index is 0.000000218. The van der Waals surface area contributed by atoms with E-state index in [9.17, 15) is 8.78 Å². The third-order valence-electron chi connectivity index (χ3n) is 16.1. The normalized spacial score (nSPS) is 26.1. The fraction of sp³-hybridized carbons (Fsp3) is 0.736. The van der Waals surface area contributed by atoms with E-state index in [0.29, 0.717) is 10.8 Å². The molecule has 0 heterocycles. The van der Waals surface area contributed by atoms with E-state index in [0.717, 1.165) is 11.1 Å². The van der Waals surface area contributed by atoms with Crippen LogP contribution in [0.2, 0.25) is 0 Å². The molecule has 2 nitrogen and oxygen atoms in total. The van der Waals surface area contributed by atoms with Crippen LogP contribution in [0.25, 0.3) is 0 Å². The lowest BCUT2D eigenvalue weighted by atomic mass is 9.51. The number of hydrogen-bond donors (Lipinski definition) is 0. The Morgan fingerprint density at radius 2 is 0.702 bits per heavy atom. The maximum absolute atomic E-state index is 14.1. The first-order chi connectivity index (χ1) is 27.8. The molecule has 6 saturated carbocycles. The summed E-state index contributed by atoms with van der Waals surface area (Å²) in [6.45, 7) is 4.56. The molecule has 0 atom stereocenters. The smallest absolute Gasteiger partial charge is 0.141 e. The van der Waals surface area contributed by atoms with Gasteiger partial charge in [0.1, 0.15) is 23.8 Å². The average molecular weight is 781 g/mol. The number of nitriles is 2. The van der Waals surface area contributed by atoms with Gasteiger partial charge in [0.05, 0.1) is 11.1 Å². The molecule has 4 heteroatoms. The van der Waals surface area contributed by atoms with Crippen molar-refractivity contribution in [2.24, 2.45) is 10.8 Å². The Hall–Kier alpha value is -2.72. The standard InChI is InChI=1S/C27H40FN.C26H38FN/c1-2-3-4-5-6-7-8-9-10-11-14-26-15-18-27(19-16-26,20-17-26)24-13-12-23(22-29)25(28)21-24;1-2-3-4-5-6-7-8-9-10-13-25-14-17-26(18-15-25,19-16-25)23-12-11-22(21-28)24(27)20-23/h12-13,21H,2-11,14-20H2,1H3;11-12,20H,2-10,13-19H2,1H3. The predicted molar refractivity (Wildman–Crippen MR) is 234 cm³/mol. The van der Waals surface area contributed by atoms with E-state index in [-0.39, 0.29) is 33.6 Å². The van der Waals surface area contributed by atoms with Crippen LogP contribution in [-0.2, 0) is 10.8 Å². The summed E-state index contributed by atoms with van der Waals surface area (Å²) >= 11 is 0. The van der Waals surface area contributed by atoms with Crippen molar-refractivity contribution in [1.82, 2.24) is 0 Å². The van der Waals surface area contributed by atoms with Crippen LogP contribution in [0.1, 0.15) is 248 Å². The average Bonchev–Trinajstić information content (AvgIpc) is 3.25. The van der Waals surface area contributed by atoms with E-state index in [4.69, 9.17) is 10.5 Å². The molecule has 0 radical (unpaired) electrons. The molecule has 4 bridgehead atoms. The molecule has 314 valence electrons. The Bertz CT molecular complexity index is 1550. The molecule has 6 aliphatic rings. The number of halogens is 2.